The lowest BCUT2D eigenvalue weighted by Crippen LogP contribution is -2.44. The van der Waals surface area contributed by atoms with Crippen LogP contribution in [0.3, 0.4) is 0 Å². The van der Waals surface area contributed by atoms with E-state index < -0.39 is 24.5 Å². The Kier molecular flexibility index (Phi) is 4.55. The summed E-state index contributed by atoms with van der Waals surface area (Å²) < 4.78 is 80.8. The molecule has 0 atom stereocenters. The summed E-state index contributed by atoms with van der Waals surface area (Å²) in [5.41, 5.74) is 0.563. The maximum absolute atomic E-state index is 14.8. The number of halogens is 6. The van der Waals surface area contributed by atoms with Crippen molar-refractivity contribution in [1.29, 1.82) is 0 Å². The molecule has 156 valence electrons. The number of pyridine rings is 2. The van der Waals surface area contributed by atoms with Crippen molar-refractivity contribution in [3.05, 3.63) is 54.6 Å². The molecule has 4 rings (SSSR count). The molecule has 0 aliphatic carbocycles. The maximum Gasteiger partial charge on any atom is 0.455 e. The van der Waals surface area contributed by atoms with Crippen LogP contribution in [0.5, 0.6) is 0 Å². The largest absolute Gasteiger partial charge is 0.455 e. The second-order valence-corrected chi connectivity index (χ2v) is 6.51. The Labute approximate surface area is 165 Å². The van der Waals surface area contributed by atoms with Gasteiger partial charge in [0, 0.05) is 16.2 Å². The molecule has 0 radical (unpaired) electrons. The minimum atomic E-state index is -5.71. The molecule has 3 heterocycles. The van der Waals surface area contributed by atoms with Crippen molar-refractivity contribution in [3.63, 3.8) is 0 Å². The Hall–Kier alpha value is -3.37. The molecular weight excluding hydrogens is 414 g/mol. The van der Waals surface area contributed by atoms with Gasteiger partial charge in [-0.2, -0.15) is 31.4 Å². The highest BCUT2D eigenvalue weighted by Gasteiger charge is 2.57. The number of aromatic nitrogens is 4. The van der Waals surface area contributed by atoms with Crippen LogP contribution < -0.4 is 9.57 Å². The lowest BCUT2D eigenvalue weighted by Gasteiger charge is -2.19. The van der Waals surface area contributed by atoms with Crippen LogP contribution in [0, 0.1) is 5.82 Å². The molecule has 0 aliphatic heterocycles. The topological polar surface area (TPSA) is 43.8 Å². The minimum Gasteiger partial charge on any atom is -0.273 e. The first-order valence-corrected chi connectivity index (χ1v) is 8.56. The maximum atomic E-state index is 14.8. The highest BCUT2D eigenvalue weighted by atomic mass is 19.4. The molecule has 0 spiro atoms. The zero-order valence-electron chi connectivity index (χ0n) is 15.3. The summed E-state index contributed by atoms with van der Waals surface area (Å²) in [6.07, 6.45) is -3.53. The minimum absolute atomic E-state index is 0.0357. The van der Waals surface area contributed by atoms with Gasteiger partial charge in [0.25, 0.3) is 5.52 Å². The van der Waals surface area contributed by atoms with E-state index in [4.69, 9.17) is 4.84 Å². The monoisotopic (exact) mass is 427 g/mol. The SMILES string of the molecule is CO[n+]1c(-c2cc3cnn(CC(F)(F)C(F)(F)F)c3cn2)c(F)cc2ccccc21. The number of benzene rings is 1. The lowest BCUT2D eigenvalue weighted by atomic mass is 10.1. The van der Waals surface area contributed by atoms with Crippen molar-refractivity contribution < 1.29 is 35.9 Å². The number of fused-ring (bicyclic) bond motifs is 2. The van der Waals surface area contributed by atoms with Crippen LogP contribution in [0.15, 0.2) is 48.8 Å². The molecule has 5 nitrogen and oxygen atoms in total. The first-order valence-electron chi connectivity index (χ1n) is 8.56. The second-order valence-electron chi connectivity index (χ2n) is 6.51. The standard InChI is InChI=1S/C19H13F6N4O/c1-30-29-15-5-3-2-4-11(15)6-13(20)17(29)14-7-12-8-27-28(16(12)9-26-14)10-18(21,22)19(23,24)25/h2-9H,10H2,1H3/q+1. The predicted octanol–water partition coefficient (Wildman–Crippen LogP) is 3.93. The van der Waals surface area contributed by atoms with Gasteiger partial charge in [0.05, 0.1) is 23.3 Å². The predicted molar refractivity (Wildman–Crippen MR) is 94.1 cm³/mol. The highest BCUT2D eigenvalue weighted by Crippen LogP contribution is 2.37. The van der Waals surface area contributed by atoms with Crippen molar-refractivity contribution >= 4 is 21.8 Å². The van der Waals surface area contributed by atoms with Crippen molar-refractivity contribution in [2.75, 3.05) is 7.11 Å². The zero-order valence-corrected chi connectivity index (χ0v) is 15.3. The van der Waals surface area contributed by atoms with Gasteiger partial charge in [-0.05, 0) is 18.2 Å². The molecule has 0 amide bonds. The summed E-state index contributed by atoms with van der Waals surface area (Å²) in [6.45, 7) is -1.69. The van der Waals surface area contributed by atoms with Crippen LogP contribution in [0.4, 0.5) is 26.3 Å². The van der Waals surface area contributed by atoms with Crippen molar-refractivity contribution in [1.82, 2.24) is 14.8 Å². The van der Waals surface area contributed by atoms with E-state index in [9.17, 15) is 26.3 Å². The van der Waals surface area contributed by atoms with E-state index in [-0.39, 0.29) is 22.3 Å². The Bertz CT molecular complexity index is 1250. The second kappa shape index (κ2) is 6.85. The molecule has 0 saturated heterocycles. The quantitative estimate of drug-likeness (QED) is 0.366. The zero-order chi connectivity index (χ0) is 21.7. The molecular formula is C19H13F6N4O+. The normalized spacial score (nSPS) is 12.6. The van der Waals surface area contributed by atoms with Crippen LogP contribution in [0.2, 0.25) is 0 Å². The molecule has 0 saturated carbocycles. The third kappa shape index (κ3) is 3.19. The summed E-state index contributed by atoms with van der Waals surface area (Å²) in [5, 5.41) is 4.40. The third-order valence-corrected chi connectivity index (χ3v) is 4.58. The van der Waals surface area contributed by atoms with Crippen LogP contribution in [-0.2, 0) is 6.54 Å². The van der Waals surface area contributed by atoms with E-state index in [2.05, 4.69) is 10.1 Å². The molecule has 0 fully saturated rings. The van der Waals surface area contributed by atoms with Gasteiger partial charge in [0.15, 0.2) is 0 Å². The average Bonchev–Trinajstić information content (AvgIpc) is 3.07. The van der Waals surface area contributed by atoms with Crippen molar-refractivity contribution in [2.24, 2.45) is 0 Å². The van der Waals surface area contributed by atoms with Crippen molar-refractivity contribution in [2.45, 2.75) is 18.6 Å². The van der Waals surface area contributed by atoms with Crippen LogP contribution in [-0.4, -0.2) is 34.0 Å². The van der Waals surface area contributed by atoms with E-state index in [0.29, 0.717) is 15.6 Å². The fourth-order valence-corrected chi connectivity index (χ4v) is 3.14. The first-order chi connectivity index (χ1) is 14.1. The van der Waals surface area contributed by atoms with Gasteiger partial charge >= 0.3 is 17.8 Å². The highest BCUT2D eigenvalue weighted by molar-refractivity contribution is 5.82. The summed E-state index contributed by atoms with van der Waals surface area (Å²) in [5.74, 6) is -5.62. The number of rotatable bonds is 4. The van der Waals surface area contributed by atoms with Gasteiger partial charge < -0.3 is 0 Å². The van der Waals surface area contributed by atoms with Gasteiger partial charge in [-0.25, -0.2) is 4.98 Å². The molecule has 3 aromatic heterocycles. The molecule has 0 bridgehead atoms. The Balaban J connectivity index is 1.82. The lowest BCUT2D eigenvalue weighted by molar-refractivity contribution is -0.857. The number of alkyl halides is 5. The summed E-state index contributed by atoms with van der Waals surface area (Å²) in [7, 11) is 1.34. The number of hydrogen-bond acceptors (Lipinski definition) is 3. The van der Waals surface area contributed by atoms with Crippen LogP contribution >= 0.6 is 0 Å². The molecule has 0 N–H and O–H groups in total. The van der Waals surface area contributed by atoms with E-state index in [1.807, 2.05) is 0 Å². The van der Waals surface area contributed by atoms with Crippen LogP contribution in [0.1, 0.15) is 0 Å². The number of nitrogens with zero attached hydrogens (tertiary/aromatic N) is 4. The van der Waals surface area contributed by atoms with Crippen molar-refractivity contribution in [3.8, 4) is 11.4 Å². The number of hydrogen-bond donors (Lipinski definition) is 0. The Morgan fingerprint density at radius 3 is 2.47 bits per heavy atom. The van der Waals surface area contributed by atoms with E-state index in [0.717, 1.165) is 12.4 Å². The van der Waals surface area contributed by atoms with Gasteiger partial charge in [0.2, 0.25) is 5.82 Å². The molecule has 11 heteroatoms. The molecule has 30 heavy (non-hydrogen) atoms. The van der Waals surface area contributed by atoms with E-state index in [1.165, 1.54) is 24.0 Å². The fraction of sp³-hybridized carbons (Fsp3) is 0.211. The summed E-state index contributed by atoms with van der Waals surface area (Å²) in [4.78, 5) is 9.36. The van der Waals surface area contributed by atoms with Gasteiger partial charge in [-0.3, -0.25) is 9.52 Å². The average molecular weight is 427 g/mol. The molecule has 1 aromatic carbocycles. The molecule has 0 aliphatic rings. The first kappa shape index (κ1) is 19.9. The molecule has 4 aromatic rings. The Morgan fingerprint density at radius 2 is 1.77 bits per heavy atom. The smallest absolute Gasteiger partial charge is 0.273 e. The molecule has 0 unspecified atom stereocenters. The third-order valence-electron chi connectivity index (χ3n) is 4.58. The van der Waals surface area contributed by atoms with Gasteiger partial charge in [-0.15, -0.1) is 0 Å². The van der Waals surface area contributed by atoms with E-state index in [1.54, 1.807) is 24.3 Å². The van der Waals surface area contributed by atoms with Gasteiger partial charge in [-0.1, -0.05) is 12.1 Å². The fourth-order valence-electron chi connectivity index (χ4n) is 3.14. The summed E-state index contributed by atoms with van der Waals surface area (Å²) >= 11 is 0. The summed E-state index contributed by atoms with van der Waals surface area (Å²) in [6, 6.07) is 9.50. The van der Waals surface area contributed by atoms with Gasteiger partial charge in [0.1, 0.15) is 19.3 Å². The number of para-hydroxylation sites is 1. The van der Waals surface area contributed by atoms with E-state index >= 15 is 0 Å². The van der Waals surface area contributed by atoms with Crippen LogP contribution in [0.25, 0.3) is 33.2 Å². The Morgan fingerprint density at radius 1 is 1.03 bits per heavy atom.